The van der Waals surface area contributed by atoms with Crippen LogP contribution in [0.25, 0.3) is 11.2 Å². The number of hydrogen-bond acceptors (Lipinski definition) is 4. The van der Waals surface area contributed by atoms with Crippen LogP contribution in [0.5, 0.6) is 0 Å². The van der Waals surface area contributed by atoms with E-state index in [4.69, 9.17) is 9.84 Å². The Morgan fingerprint density at radius 1 is 1.53 bits per heavy atom. The second-order valence-corrected chi connectivity index (χ2v) is 4.24. The lowest BCUT2D eigenvalue weighted by molar-refractivity contribution is 0.186. The van der Waals surface area contributed by atoms with Gasteiger partial charge in [0.05, 0.1) is 19.3 Å². The lowest BCUT2D eigenvalue weighted by atomic mass is 10.2. The molecule has 5 heteroatoms. The van der Waals surface area contributed by atoms with Gasteiger partial charge in [-0.15, -0.1) is 0 Å². The van der Waals surface area contributed by atoms with Crippen molar-refractivity contribution < 1.29 is 9.84 Å². The first kappa shape index (κ1) is 10.7. The number of aliphatic hydroxyl groups is 1. The third kappa shape index (κ3) is 1.81. The minimum absolute atomic E-state index is 0.108. The predicted octanol–water partition coefficient (Wildman–Crippen LogP) is 0.927. The molecule has 3 heterocycles. The number of aliphatic hydroxyl groups excluding tert-OH is 1. The largest absolute Gasteiger partial charge is 0.396 e. The number of aromatic nitrogens is 3. The Morgan fingerprint density at radius 2 is 2.47 bits per heavy atom. The summed E-state index contributed by atoms with van der Waals surface area (Å²) in [6.45, 7) is 1.60. The maximum absolute atomic E-state index is 9.11. The zero-order valence-corrected chi connectivity index (χ0v) is 9.54. The monoisotopic (exact) mass is 233 g/mol. The van der Waals surface area contributed by atoms with E-state index in [0.717, 1.165) is 30.0 Å². The topological polar surface area (TPSA) is 60.2 Å². The van der Waals surface area contributed by atoms with Gasteiger partial charge in [-0.05, 0) is 18.6 Å². The molecule has 0 radical (unpaired) electrons. The molecule has 1 aliphatic heterocycles. The standard InChI is InChI=1S/C12H15N3O2/c16-6-3-11-14-10-2-1-5-13-12(10)15(11)9-4-7-17-8-9/h1-2,5,9,16H,3-4,6-8H2. The minimum Gasteiger partial charge on any atom is -0.396 e. The molecule has 1 saturated heterocycles. The van der Waals surface area contributed by atoms with Crippen LogP contribution in [0.4, 0.5) is 0 Å². The lowest BCUT2D eigenvalue weighted by Crippen LogP contribution is -2.13. The van der Waals surface area contributed by atoms with Crippen LogP contribution in [0.15, 0.2) is 18.3 Å². The summed E-state index contributed by atoms with van der Waals surface area (Å²) < 4.78 is 7.55. The maximum atomic E-state index is 9.11. The molecule has 1 unspecified atom stereocenters. The number of ether oxygens (including phenoxy) is 1. The highest BCUT2D eigenvalue weighted by Gasteiger charge is 2.23. The molecule has 2 aromatic heterocycles. The molecule has 1 atom stereocenters. The first-order valence-electron chi connectivity index (χ1n) is 5.90. The molecule has 90 valence electrons. The molecular weight excluding hydrogens is 218 g/mol. The number of imidazole rings is 1. The molecule has 5 nitrogen and oxygen atoms in total. The molecule has 0 saturated carbocycles. The van der Waals surface area contributed by atoms with Crippen molar-refractivity contribution >= 4 is 11.2 Å². The molecule has 17 heavy (non-hydrogen) atoms. The van der Waals surface area contributed by atoms with Crippen molar-refractivity contribution in [2.24, 2.45) is 0 Å². The number of hydrogen-bond donors (Lipinski definition) is 1. The summed E-state index contributed by atoms with van der Waals surface area (Å²) in [5.74, 6) is 0.900. The second-order valence-electron chi connectivity index (χ2n) is 4.24. The molecule has 0 amide bonds. The van der Waals surface area contributed by atoms with Crippen molar-refractivity contribution in [2.45, 2.75) is 18.9 Å². The molecule has 1 fully saturated rings. The van der Waals surface area contributed by atoms with Gasteiger partial charge in [0.1, 0.15) is 11.3 Å². The quantitative estimate of drug-likeness (QED) is 0.856. The minimum atomic E-state index is 0.108. The van der Waals surface area contributed by atoms with E-state index in [1.54, 1.807) is 6.20 Å². The molecule has 0 aromatic carbocycles. The summed E-state index contributed by atoms with van der Waals surface area (Å²) >= 11 is 0. The van der Waals surface area contributed by atoms with Crippen LogP contribution in [0.3, 0.4) is 0 Å². The summed E-state index contributed by atoms with van der Waals surface area (Å²) in [5, 5.41) is 9.11. The first-order valence-corrected chi connectivity index (χ1v) is 5.90. The Kier molecular flexibility index (Phi) is 2.78. The number of nitrogens with zero attached hydrogens (tertiary/aromatic N) is 3. The van der Waals surface area contributed by atoms with Crippen LogP contribution >= 0.6 is 0 Å². The van der Waals surface area contributed by atoms with Crippen molar-refractivity contribution in [2.75, 3.05) is 19.8 Å². The van der Waals surface area contributed by atoms with Crippen LogP contribution in [0, 0.1) is 0 Å². The van der Waals surface area contributed by atoms with Gasteiger partial charge in [-0.25, -0.2) is 9.97 Å². The van der Waals surface area contributed by atoms with E-state index in [2.05, 4.69) is 14.5 Å². The Labute approximate surface area is 99.1 Å². The van der Waals surface area contributed by atoms with Crippen molar-refractivity contribution in [1.82, 2.24) is 14.5 Å². The van der Waals surface area contributed by atoms with Gasteiger partial charge in [0.2, 0.25) is 0 Å². The highest BCUT2D eigenvalue weighted by Crippen LogP contribution is 2.25. The van der Waals surface area contributed by atoms with Gasteiger partial charge in [-0.1, -0.05) is 0 Å². The molecule has 0 aliphatic carbocycles. The van der Waals surface area contributed by atoms with Crippen LogP contribution in [-0.4, -0.2) is 39.5 Å². The van der Waals surface area contributed by atoms with E-state index >= 15 is 0 Å². The summed E-state index contributed by atoms with van der Waals surface area (Å²) in [7, 11) is 0. The third-order valence-corrected chi connectivity index (χ3v) is 3.13. The highest BCUT2D eigenvalue weighted by molar-refractivity contribution is 5.71. The molecular formula is C12H15N3O2. The SMILES string of the molecule is OCCc1nc2cccnc2n1C1CCOC1. The Hall–Kier alpha value is -1.46. The zero-order valence-electron chi connectivity index (χ0n) is 9.54. The summed E-state index contributed by atoms with van der Waals surface area (Å²) in [5.41, 5.74) is 1.79. The predicted molar refractivity (Wildman–Crippen MR) is 62.8 cm³/mol. The highest BCUT2D eigenvalue weighted by atomic mass is 16.5. The second kappa shape index (κ2) is 4.43. The fraction of sp³-hybridized carbons (Fsp3) is 0.500. The van der Waals surface area contributed by atoms with Gasteiger partial charge in [-0.3, -0.25) is 0 Å². The Bertz CT molecular complexity index is 517. The molecule has 2 aromatic rings. The van der Waals surface area contributed by atoms with Crippen LogP contribution in [-0.2, 0) is 11.2 Å². The molecule has 1 N–H and O–H groups in total. The van der Waals surface area contributed by atoms with E-state index in [1.165, 1.54) is 0 Å². The summed E-state index contributed by atoms with van der Waals surface area (Å²) in [6, 6.07) is 4.14. The van der Waals surface area contributed by atoms with Gasteiger partial charge < -0.3 is 14.4 Å². The van der Waals surface area contributed by atoms with Gasteiger partial charge in [-0.2, -0.15) is 0 Å². The van der Waals surface area contributed by atoms with E-state index in [9.17, 15) is 0 Å². The number of pyridine rings is 1. The van der Waals surface area contributed by atoms with Crippen molar-refractivity contribution in [3.8, 4) is 0 Å². The molecule has 0 spiro atoms. The summed E-state index contributed by atoms with van der Waals surface area (Å²) in [4.78, 5) is 8.92. The van der Waals surface area contributed by atoms with E-state index in [1.807, 2.05) is 12.1 Å². The summed E-state index contributed by atoms with van der Waals surface area (Å²) in [6.07, 6.45) is 3.33. The normalized spacial score (nSPS) is 20.2. The van der Waals surface area contributed by atoms with Gasteiger partial charge in [0.25, 0.3) is 0 Å². The molecule has 1 aliphatic rings. The lowest BCUT2D eigenvalue weighted by Gasteiger charge is -2.13. The Morgan fingerprint density at radius 3 is 3.24 bits per heavy atom. The van der Waals surface area contributed by atoms with Crippen LogP contribution in [0.1, 0.15) is 18.3 Å². The first-order chi connectivity index (χ1) is 8.40. The number of fused-ring (bicyclic) bond motifs is 1. The fourth-order valence-electron chi connectivity index (χ4n) is 2.36. The fourth-order valence-corrected chi connectivity index (χ4v) is 2.36. The third-order valence-electron chi connectivity index (χ3n) is 3.13. The van der Waals surface area contributed by atoms with E-state index in [0.29, 0.717) is 19.1 Å². The van der Waals surface area contributed by atoms with Gasteiger partial charge in [0, 0.05) is 19.2 Å². The van der Waals surface area contributed by atoms with Gasteiger partial charge in [0.15, 0.2) is 5.65 Å². The smallest absolute Gasteiger partial charge is 0.160 e. The maximum Gasteiger partial charge on any atom is 0.160 e. The average molecular weight is 233 g/mol. The molecule has 3 rings (SSSR count). The van der Waals surface area contributed by atoms with E-state index < -0.39 is 0 Å². The van der Waals surface area contributed by atoms with Crippen LogP contribution in [0.2, 0.25) is 0 Å². The number of rotatable bonds is 3. The van der Waals surface area contributed by atoms with Crippen molar-refractivity contribution in [3.63, 3.8) is 0 Å². The average Bonchev–Trinajstić information content (AvgIpc) is 2.94. The van der Waals surface area contributed by atoms with E-state index in [-0.39, 0.29) is 6.61 Å². The van der Waals surface area contributed by atoms with Gasteiger partial charge >= 0.3 is 0 Å². The molecule has 0 bridgehead atoms. The van der Waals surface area contributed by atoms with Crippen molar-refractivity contribution in [1.29, 1.82) is 0 Å². The van der Waals surface area contributed by atoms with Crippen LogP contribution < -0.4 is 0 Å². The zero-order chi connectivity index (χ0) is 11.7. The van der Waals surface area contributed by atoms with Crippen molar-refractivity contribution in [3.05, 3.63) is 24.2 Å². The Balaban J connectivity index is 2.13.